The van der Waals surface area contributed by atoms with E-state index in [0.717, 1.165) is 0 Å². The van der Waals surface area contributed by atoms with Crippen LogP contribution in [0.5, 0.6) is 0 Å². The Kier molecular flexibility index (Phi) is 5.03. The number of ether oxygens (including phenoxy) is 1. The standard InChI is InChI=1S/C7H13NO4/c1-8-5(7(10)11)3-4-6(9)12-2/h5,8H,3-4H2,1-2H3,(H,10,11)/t5-/m0/s1. The lowest BCUT2D eigenvalue weighted by Crippen LogP contribution is -2.34. The molecule has 0 aliphatic carbocycles. The van der Waals surface area contributed by atoms with Gasteiger partial charge in [-0.25, -0.2) is 0 Å². The molecule has 0 radical (unpaired) electrons. The van der Waals surface area contributed by atoms with Crippen LogP contribution in [0, 0.1) is 0 Å². The van der Waals surface area contributed by atoms with Gasteiger partial charge in [-0.2, -0.15) is 0 Å². The van der Waals surface area contributed by atoms with Gasteiger partial charge in [0, 0.05) is 6.42 Å². The number of aliphatic carboxylic acids is 1. The highest BCUT2D eigenvalue weighted by atomic mass is 16.5. The Morgan fingerprint density at radius 1 is 1.58 bits per heavy atom. The minimum Gasteiger partial charge on any atom is -0.480 e. The van der Waals surface area contributed by atoms with Gasteiger partial charge in [0.05, 0.1) is 7.11 Å². The lowest BCUT2D eigenvalue weighted by molar-refractivity contribution is -0.142. The smallest absolute Gasteiger partial charge is 0.320 e. The van der Waals surface area contributed by atoms with E-state index >= 15 is 0 Å². The Balaban J connectivity index is 3.73. The van der Waals surface area contributed by atoms with E-state index in [9.17, 15) is 9.59 Å². The van der Waals surface area contributed by atoms with Crippen LogP contribution in [0.25, 0.3) is 0 Å². The molecule has 1 atom stereocenters. The molecule has 0 unspecified atom stereocenters. The van der Waals surface area contributed by atoms with Gasteiger partial charge in [0.2, 0.25) is 0 Å². The maximum atomic E-state index is 10.6. The van der Waals surface area contributed by atoms with Crippen LogP contribution < -0.4 is 5.32 Å². The number of rotatable bonds is 5. The van der Waals surface area contributed by atoms with Crippen LogP contribution in [0.2, 0.25) is 0 Å². The molecular weight excluding hydrogens is 162 g/mol. The van der Waals surface area contributed by atoms with Crippen molar-refractivity contribution >= 4 is 11.9 Å². The number of esters is 1. The third-order valence-electron chi connectivity index (χ3n) is 1.51. The predicted octanol–water partition coefficient (Wildman–Crippen LogP) is -0.388. The second kappa shape index (κ2) is 5.54. The van der Waals surface area contributed by atoms with Gasteiger partial charge in [-0.05, 0) is 13.5 Å². The molecule has 12 heavy (non-hydrogen) atoms. The molecule has 0 aromatic rings. The Morgan fingerprint density at radius 3 is 2.50 bits per heavy atom. The van der Waals surface area contributed by atoms with Crippen molar-refractivity contribution in [2.45, 2.75) is 18.9 Å². The van der Waals surface area contributed by atoms with Gasteiger partial charge in [-0.3, -0.25) is 9.59 Å². The summed E-state index contributed by atoms with van der Waals surface area (Å²) in [4.78, 5) is 21.0. The van der Waals surface area contributed by atoms with E-state index in [1.165, 1.54) is 14.2 Å². The number of carboxylic acid groups (broad SMARTS) is 1. The summed E-state index contributed by atoms with van der Waals surface area (Å²) >= 11 is 0. The van der Waals surface area contributed by atoms with Crippen LogP contribution in [0.1, 0.15) is 12.8 Å². The van der Waals surface area contributed by atoms with Crippen LogP contribution in [-0.2, 0) is 14.3 Å². The fourth-order valence-electron chi connectivity index (χ4n) is 0.756. The Labute approximate surface area is 70.7 Å². The number of carbonyl (C=O) groups is 2. The molecule has 5 heteroatoms. The van der Waals surface area contributed by atoms with Crippen molar-refractivity contribution in [1.82, 2.24) is 5.32 Å². The molecule has 0 bridgehead atoms. The molecule has 0 amide bonds. The zero-order valence-corrected chi connectivity index (χ0v) is 7.16. The van der Waals surface area contributed by atoms with E-state index in [1.54, 1.807) is 0 Å². The maximum Gasteiger partial charge on any atom is 0.320 e. The van der Waals surface area contributed by atoms with Crippen molar-refractivity contribution in [3.8, 4) is 0 Å². The van der Waals surface area contributed by atoms with Gasteiger partial charge in [-0.1, -0.05) is 0 Å². The summed E-state index contributed by atoms with van der Waals surface area (Å²) in [7, 11) is 2.81. The highest BCUT2D eigenvalue weighted by Crippen LogP contribution is 1.98. The number of nitrogens with one attached hydrogen (secondary N) is 1. The fourth-order valence-corrected chi connectivity index (χ4v) is 0.756. The normalized spacial score (nSPS) is 12.2. The summed E-state index contributed by atoms with van der Waals surface area (Å²) in [6, 6.07) is -0.677. The van der Waals surface area contributed by atoms with E-state index in [4.69, 9.17) is 5.11 Å². The largest absolute Gasteiger partial charge is 0.480 e. The van der Waals surface area contributed by atoms with Gasteiger partial charge in [-0.15, -0.1) is 0 Å². The lowest BCUT2D eigenvalue weighted by Gasteiger charge is -2.08. The van der Waals surface area contributed by atoms with Gasteiger partial charge in [0.1, 0.15) is 6.04 Å². The average molecular weight is 175 g/mol. The maximum absolute atomic E-state index is 10.6. The first-order valence-electron chi connectivity index (χ1n) is 3.58. The third-order valence-corrected chi connectivity index (χ3v) is 1.51. The summed E-state index contributed by atoms with van der Waals surface area (Å²) < 4.78 is 4.37. The number of carboxylic acids is 1. The highest BCUT2D eigenvalue weighted by Gasteiger charge is 2.15. The van der Waals surface area contributed by atoms with Crippen molar-refractivity contribution in [1.29, 1.82) is 0 Å². The van der Waals surface area contributed by atoms with Crippen LogP contribution in [0.4, 0.5) is 0 Å². The Hall–Kier alpha value is -1.10. The first-order chi connectivity index (χ1) is 5.61. The number of hydrogen-bond acceptors (Lipinski definition) is 4. The summed E-state index contributed by atoms with van der Waals surface area (Å²) in [5.41, 5.74) is 0. The van der Waals surface area contributed by atoms with E-state index in [-0.39, 0.29) is 12.8 Å². The van der Waals surface area contributed by atoms with Gasteiger partial charge in [0.25, 0.3) is 0 Å². The zero-order chi connectivity index (χ0) is 9.56. The minimum atomic E-state index is -0.957. The fraction of sp³-hybridized carbons (Fsp3) is 0.714. The monoisotopic (exact) mass is 175 g/mol. The van der Waals surface area contributed by atoms with Gasteiger partial charge in [0.15, 0.2) is 0 Å². The first kappa shape index (κ1) is 10.9. The highest BCUT2D eigenvalue weighted by molar-refractivity contribution is 5.75. The van der Waals surface area contributed by atoms with Crippen LogP contribution in [0.3, 0.4) is 0 Å². The number of methoxy groups -OCH3 is 1. The zero-order valence-electron chi connectivity index (χ0n) is 7.16. The summed E-state index contributed by atoms with van der Waals surface area (Å²) in [6.07, 6.45) is 0.368. The SMILES string of the molecule is CN[C@@H](CCC(=O)OC)C(=O)O. The topological polar surface area (TPSA) is 75.6 Å². The number of carbonyl (C=O) groups excluding carboxylic acids is 1. The molecule has 0 aromatic carbocycles. The van der Waals surface area contributed by atoms with Crippen LogP contribution in [-0.4, -0.2) is 37.2 Å². The third kappa shape index (κ3) is 3.92. The second-order valence-electron chi connectivity index (χ2n) is 2.29. The molecule has 0 spiro atoms. The Morgan fingerprint density at radius 2 is 2.17 bits per heavy atom. The number of hydrogen-bond donors (Lipinski definition) is 2. The lowest BCUT2D eigenvalue weighted by atomic mass is 10.1. The molecule has 0 heterocycles. The van der Waals surface area contributed by atoms with E-state index in [0.29, 0.717) is 0 Å². The molecule has 5 nitrogen and oxygen atoms in total. The van der Waals surface area contributed by atoms with Crippen molar-refractivity contribution < 1.29 is 19.4 Å². The molecule has 2 N–H and O–H groups in total. The minimum absolute atomic E-state index is 0.119. The van der Waals surface area contributed by atoms with Crippen molar-refractivity contribution in [2.75, 3.05) is 14.2 Å². The van der Waals surface area contributed by atoms with E-state index in [2.05, 4.69) is 10.1 Å². The van der Waals surface area contributed by atoms with Gasteiger partial charge >= 0.3 is 11.9 Å². The average Bonchev–Trinajstić information content (AvgIpc) is 2.04. The van der Waals surface area contributed by atoms with Crippen molar-refractivity contribution in [3.05, 3.63) is 0 Å². The molecule has 70 valence electrons. The molecule has 0 saturated heterocycles. The predicted molar refractivity (Wildman–Crippen MR) is 41.7 cm³/mol. The molecule has 0 aromatic heterocycles. The summed E-state index contributed by atoms with van der Waals surface area (Å²) in [5.74, 6) is -1.35. The van der Waals surface area contributed by atoms with E-state index < -0.39 is 18.0 Å². The molecule has 0 rings (SSSR count). The van der Waals surface area contributed by atoms with Crippen molar-refractivity contribution in [3.63, 3.8) is 0 Å². The number of likely N-dealkylation sites (N-methyl/N-ethyl adjacent to an activating group) is 1. The van der Waals surface area contributed by atoms with Crippen LogP contribution in [0.15, 0.2) is 0 Å². The summed E-state index contributed by atoms with van der Waals surface area (Å²) in [6.45, 7) is 0. The second-order valence-corrected chi connectivity index (χ2v) is 2.29. The van der Waals surface area contributed by atoms with Crippen molar-refractivity contribution in [2.24, 2.45) is 0 Å². The van der Waals surface area contributed by atoms with Gasteiger partial charge < -0.3 is 15.2 Å². The quantitative estimate of drug-likeness (QED) is 0.557. The van der Waals surface area contributed by atoms with Crippen LogP contribution >= 0.6 is 0 Å². The molecular formula is C7H13NO4. The molecule has 0 saturated carbocycles. The molecule has 0 aliphatic rings. The first-order valence-corrected chi connectivity index (χ1v) is 3.58. The molecule has 0 fully saturated rings. The summed E-state index contributed by atoms with van der Waals surface area (Å²) in [5, 5.41) is 11.1. The molecule has 0 aliphatic heterocycles. The Bertz CT molecular complexity index is 169. The van der Waals surface area contributed by atoms with E-state index in [1.807, 2.05) is 0 Å².